The van der Waals surface area contributed by atoms with Crippen LogP contribution in [-0.2, 0) is 6.42 Å². The van der Waals surface area contributed by atoms with E-state index in [1.54, 1.807) is 22.7 Å². The zero-order chi connectivity index (χ0) is 14.2. The molecule has 0 fully saturated rings. The summed E-state index contributed by atoms with van der Waals surface area (Å²) in [5.74, 6) is 0.207. The molecule has 3 heteroatoms. The topological polar surface area (TPSA) is 17.1 Å². The predicted molar refractivity (Wildman–Crippen MR) is 91.7 cm³/mol. The van der Waals surface area contributed by atoms with Gasteiger partial charge in [0.15, 0.2) is 5.78 Å². The Balaban J connectivity index is 1.64. The van der Waals surface area contributed by atoms with E-state index in [0.29, 0.717) is 6.42 Å². The lowest BCUT2D eigenvalue weighted by Gasteiger charge is -2.02. The Bertz CT molecular complexity index is 917. The minimum absolute atomic E-state index is 0.207. The second kappa shape index (κ2) is 5.10. The molecule has 0 atom stereocenters. The van der Waals surface area contributed by atoms with Gasteiger partial charge in [0.1, 0.15) is 0 Å². The minimum Gasteiger partial charge on any atom is -0.293 e. The number of carbonyl (C=O) groups is 1. The van der Waals surface area contributed by atoms with E-state index in [-0.39, 0.29) is 5.78 Å². The van der Waals surface area contributed by atoms with Gasteiger partial charge in [0.2, 0.25) is 0 Å². The van der Waals surface area contributed by atoms with Crippen LogP contribution in [0.5, 0.6) is 0 Å². The van der Waals surface area contributed by atoms with E-state index in [4.69, 9.17) is 0 Å². The van der Waals surface area contributed by atoms with Crippen molar-refractivity contribution < 1.29 is 4.79 Å². The lowest BCUT2D eigenvalue weighted by atomic mass is 10.0. The Hall–Kier alpha value is -1.97. The molecule has 0 amide bonds. The number of fused-ring (bicyclic) bond motifs is 2. The van der Waals surface area contributed by atoms with Crippen LogP contribution >= 0.6 is 22.7 Å². The van der Waals surface area contributed by atoms with Crippen molar-refractivity contribution in [2.75, 3.05) is 0 Å². The zero-order valence-corrected chi connectivity index (χ0v) is 12.8. The smallest absolute Gasteiger partial charge is 0.177 e. The Kier molecular flexibility index (Phi) is 3.09. The van der Waals surface area contributed by atoms with E-state index in [1.807, 2.05) is 18.2 Å². The molecular weight excluding hydrogens is 296 g/mol. The summed E-state index contributed by atoms with van der Waals surface area (Å²) in [7, 11) is 0. The average molecular weight is 308 g/mol. The lowest BCUT2D eigenvalue weighted by molar-refractivity contribution is 0.0997. The van der Waals surface area contributed by atoms with E-state index < -0.39 is 0 Å². The van der Waals surface area contributed by atoms with Gasteiger partial charge in [-0.3, -0.25) is 4.79 Å². The molecule has 0 spiro atoms. The summed E-state index contributed by atoms with van der Waals surface area (Å²) in [6.45, 7) is 0. The summed E-state index contributed by atoms with van der Waals surface area (Å²) in [5, 5.41) is 4.47. The number of ketones is 1. The SMILES string of the molecule is O=C(Cc1ccc2ccccc2c1)c1cc2sccc2s1. The highest BCUT2D eigenvalue weighted by atomic mass is 32.1. The molecule has 1 nitrogen and oxygen atoms in total. The fourth-order valence-electron chi connectivity index (χ4n) is 2.52. The van der Waals surface area contributed by atoms with E-state index in [0.717, 1.165) is 10.4 Å². The normalized spacial score (nSPS) is 11.2. The second-order valence-electron chi connectivity index (χ2n) is 5.04. The van der Waals surface area contributed by atoms with Crippen molar-refractivity contribution >= 4 is 48.6 Å². The van der Waals surface area contributed by atoms with Gasteiger partial charge in [-0.25, -0.2) is 0 Å². The molecule has 0 aliphatic rings. The highest BCUT2D eigenvalue weighted by Crippen LogP contribution is 2.30. The molecule has 0 aliphatic carbocycles. The lowest BCUT2D eigenvalue weighted by Crippen LogP contribution is -2.00. The Labute approximate surface area is 130 Å². The molecule has 0 aliphatic heterocycles. The van der Waals surface area contributed by atoms with Gasteiger partial charge in [0.05, 0.1) is 4.88 Å². The number of Topliss-reactive ketones (excluding diaryl/α,β-unsaturated/α-hetero) is 1. The molecule has 0 N–H and O–H groups in total. The first-order chi connectivity index (χ1) is 10.3. The van der Waals surface area contributed by atoms with Crippen molar-refractivity contribution in [2.24, 2.45) is 0 Å². The third-order valence-corrected chi connectivity index (χ3v) is 5.73. The molecule has 4 aromatic rings. The third-order valence-electron chi connectivity index (χ3n) is 3.59. The van der Waals surface area contributed by atoms with Crippen LogP contribution in [0.2, 0.25) is 0 Å². The molecule has 0 saturated carbocycles. The number of carbonyl (C=O) groups excluding carboxylic acids is 1. The van der Waals surface area contributed by atoms with Gasteiger partial charge >= 0.3 is 0 Å². The van der Waals surface area contributed by atoms with Crippen LogP contribution in [0.1, 0.15) is 15.2 Å². The summed E-state index contributed by atoms with van der Waals surface area (Å²) < 4.78 is 2.42. The second-order valence-corrected chi connectivity index (χ2v) is 7.07. The highest BCUT2D eigenvalue weighted by molar-refractivity contribution is 7.27. The summed E-state index contributed by atoms with van der Waals surface area (Å²) in [4.78, 5) is 13.3. The molecule has 21 heavy (non-hydrogen) atoms. The van der Waals surface area contributed by atoms with Gasteiger partial charge in [-0.2, -0.15) is 0 Å². The Morgan fingerprint density at radius 2 is 1.76 bits per heavy atom. The minimum atomic E-state index is 0.207. The van der Waals surface area contributed by atoms with Gasteiger partial charge in [-0.15, -0.1) is 22.7 Å². The first-order valence-corrected chi connectivity index (χ1v) is 8.47. The largest absolute Gasteiger partial charge is 0.293 e. The van der Waals surface area contributed by atoms with Crippen molar-refractivity contribution in [2.45, 2.75) is 6.42 Å². The monoisotopic (exact) mass is 308 g/mol. The predicted octanol–water partition coefficient (Wildman–Crippen LogP) is 5.54. The maximum absolute atomic E-state index is 12.4. The molecule has 2 aromatic carbocycles. The van der Waals surface area contributed by atoms with Gasteiger partial charge in [-0.1, -0.05) is 42.5 Å². The van der Waals surface area contributed by atoms with Crippen molar-refractivity contribution in [3.8, 4) is 0 Å². The van der Waals surface area contributed by atoms with Crippen LogP contribution in [0.3, 0.4) is 0 Å². The first kappa shape index (κ1) is 12.7. The third kappa shape index (κ3) is 2.39. The van der Waals surface area contributed by atoms with Gasteiger partial charge < -0.3 is 0 Å². The number of hydrogen-bond acceptors (Lipinski definition) is 3. The van der Waals surface area contributed by atoms with Gasteiger partial charge in [-0.05, 0) is 33.8 Å². The summed E-state index contributed by atoms with van der Waals surface area (Å²) in [6, 6.07) is 18.6. The zero-order valence-electron chi connectivity index (χ0n) is 11.2. The van der Waals surface area contributed by atoms with E-state index in [9.17, 15) is 4.79 Å². The summed E-state index contributed by atoms with van der Waals surface area (Å²) in [6.07, 6.45) is 0.471. The maximum atomic E-state index is 12.4. The molecule has 0 bridgehead atoms. The number of rotatable bonds is 3. The van der Waals surface area contributed by atoms with Crippen molar-refractivity contribution in [3.05, 3.63) is 70.4 Å². The van der Waals surface area contributed by atoms with Crippen molar-refractivity contribution in [1.29, 1.82) is 0 Å². The maximum Gasteiger partial charge on any atom is 0.177 e. The van der Waals surface area contributed by atoms with Gasteiger partial charge in [0.25, 0.3) is 0 Å². The number of benzene rings is 2. The van der Waals surface area contributed by atoms with Crippen LogP contribution in [0, 0.1) is 0 Å². The van der Waals surface area contributed by atoms with Crippen molar-refractivity contribution in [1.82, 2.24) is 0 Å². The molecular formula is C18H12OS2. The van der Waals surface area contributed by atoms with E-state index >= 15 is 0 Å². The summed E-state index contributed by atoms with van der Waals surface area (Å²) in [5.41, 5.74) is 1.08. The van der Waals surface area contributed by atoms with Gasteiger partial charge in [0, 0.05) is 15.8 Å². The molecule has 2 aromatic heterocycles. The number of hydrogen-bond donors (Lipinski definition) is 0. The number of thiophene rings is 2. The molecule has 4 rings (SSSR count). The average Bonchev–Trinajstić information content (AvgIpc) is 3.08. The van der Waals surface area contributed by atoms with Crippen LogP contribution in [0.4, 0.5) is 0 Å². The Morgan fingerprint density at radius 1 is 0.905 bits per heavy atom. The fraction of sp³-hybridized carbons (Fsp3) is 0.0556. The van der Waals surface area contributed by atoms with Crippen LogP contribution in [0.25, 0.3) is 20.2 Å². The first-order valence-electron chi connectivity index (χ1n) is 6.77. The standard InChI is InChI=1S/C18H12OS2/c19-15(17-11-18-16(21-17)7-8-20-18)10-12-5-6-13-3-1-2-4-14(13)9-12/h1-9,11H,10H2. The van der Waals surface area contributed by atoms with Crippen LogP contribution in [-0.4, -0.2) is 5.78 Å². The van der Waals surface area contributed by atoms with Crippen LogP contribution < -0.4 is 0 Å². The molecule has 0 saturated heterocycles. The highest BCUT2D eigenvalue weighted by Gasteiger charge is 2.12. The quantitative estimate of drug-likeness (QED) is 0.454. The van der Waals surface area contributed by atoms with Crippen LogP contribution in [0.15, 0.2) is 60.0 Å². The van der Waals surface area contributed by atoms with E-state index in [2.05, 4.69) is 41.8 Å². The molecule has 0 unspecified atom stereocenters. The summed E-state index contributed by atoms with van der Waals surface area (Å²) >= 11 is 3.29. The fourth-order valence-corrected chi connectivity index (χ4v) is 4.57. The van der Waals surface area contributed by atoms with Crippen molar-refractivity contribution in [3.63, 3.8) is 0 Å². The van der Waals surface area contributed by atoms with E-state index in [1.165, 1.54) is 20.2 Å². The molecule has 2 heterocycles. The molecule has 102 valence electrons. The Morgan fingerprint density at radius 3 is 2.62 bits per heavy atom. The molecule has 0 radical (unpaired) electrons.